The highest BCUT2D eigenvalue weighted by molar-refractivity contribution is 5.79. The molecule has 1 aliphatic carbocycles. The van der Waals surface area contributed by atoms with Gasteiger partial charge in [-0.15, -0.1) is 0 Å². The monoisotopic (exact) mass is 205 g/mol. The quantitative estimate of drug-likeness (QED) is 0.721. The first-order valence-corrected chi connectivity index (χ1v) is 5.26. The van der Waals surface area contributed by atoms with Gasteiger partial charge in [-0.05, 0) is 12.8 Å². The largest absolute Gasteiger partial charge is 0.355 e. The number of aromatic amines is 1. The standard InChI is InChI=1S/C11H15N3O/c15-11(9-3-1-2-4-9)13-6-5-10-7-12-8-14-10/h1-2,7-9H,3-6H2,(H,12,14)(H,13,15). The van der Waals surface area contributed by atoms with Gasteiger partial charge in [0.15, 0.2) is 0 Å². The van der Waals surface area contributed by atoms with Gasteiger partial charge in [-0.25, -0.2) is 4.98 Å². The Balaban J connectivity index is 1.67. The number of rotatable bonds is 4. The molecular formula is C11H15N3O. The van der Waals surface area contributed by atoms with Gasteiger partial charge in [-0.2, -0.15) is 0 Å². The number of H-pyrrole nitrogens is 1. The Hall–Kier alpha value is -1.58. The Kier molecular flexibility index (Phi) is 3.17. The first-order chi connectivity index (χ1) is 7.36. The van der Waals surface area contributed by atoms with E-state index in [-0.39, 0.29) is 11.8 Å². The second-order valence-electron chi connectivity index (χ2n) is 3.76. The first kappa shape index (κ1) is 9.96. The van der Waals surface area contributed by atoms with Crippen LogP contribution >= 0.6 is 0 Å². The third-order valence-corrected chi connectivity index (χ3v) is 2.63. The van der Waals surface area contributed by atoms with Gasteiger partial charge >= 0.3 is 0 Å². The van der Waals surface area contributed by atoms with Gasteiger partial charge in [0.2, 0.25) is 5.91 Å². The zero-order chi connectivity index (χ0) is 10.5. The van der Waals surface area contributed by atoms with Crippen LogP contribution in [0.15, 0.2) is 24.7 Å². The molecule has 0 bridgehead atoms. The molecule has 0 aliphatic heterocycles. The van der Waals surface area contributed by atoms with Gasteiger partial charge in [0.05, 0.1) is 6.33 Å². The fraction of sp³-hybridized carbons (Fsp3) is 0.455. The van der Waals surface area contributed by atoms with Crippen LogP contribution < -0.4 is 5.32 Å². The lowest BCUT2D eigenvalue weighted by atomic mass is 10.1. The average Bonchev–Trinajstić information content (AvgIpc) is 2.90. The summed E-state index contributed by atoms with van der Waals surface area (Å²) in [5.74, 6) is 0.325. The van der Waals surface area contributed by atoms with Crippen LogP contribution in [-0.4, -0.2) is 22.4 Å². The van der Waals surface area contributed by atoms with Crippen LogP contribution in [0.25, 0.3) is 0 Å². The SMILES string of the molecule is O=C(NCCc1cnc[nH]1)C1CC=CC1. The van der Waals surface area contributed by atoms with E-state index in [2.05, 4.69) is 27.4 Å². The molecule has 0 unspecified atom stereocenters. The molecule has 2 rings (SSSR count). The number of nitrogens with one attached hydrogen (secondary N) is 2. The van der Waals surface area contributed by atoms with Gasteiger partial charge in [0, 0.05) is 30.8 Å². The smallest absolute Gasteiger partial charge is 0.223 e. The molecule has 0 fully saturated rings. The van der Waals surface area contributed by atoms with Crippen LogP contribution in [0.5, 0.6) is 0 Å². The van der Waals surface area contributed by atoms with Crippen LogP contribution in [-0.2, 0) is 11.2 Å². The summed E-state index contributed by atoms with van der Waals surface area (Å²) in [4.78, 5) is 18.5. The van der Waals surface area contributed by atoms with Crippen molar-refractivity contribution in [3.05, 3.63) is 30.4 Å². The zero-order valence-electron chi connectivity index (χ0n) is 8.57. The number of hydrogen-bond donors (Lipinski definition) is 2. The Morgan fingerprint density at radius 3 is 3.00 bits per heavy atom. The van der Waals surface area contributed by atoms with E-state index in [0.29, 0.717) is 6.54 Å². The summed E-state index contributed by atoms with van der Waals surface area (Å²) in [6.07, 6.45) is 10.2. The number of aromatic nitrogens is 2. The maximum absolute atomic E-state index is 11.6. The lowest BCUT2D eigenvalue weighted by Gasteiger charge is -2.09. The van der Waals surface area contributed by atoms with Crippen LogP contribution in [0.4, 0.5) is 0 Å². The molecule has 1 heterocycles. The van der Waals surface area contributed by atoms with Crippen LogP contribution in [0.1, 0.15) is 18.5 Å². The van der Waals surface area contributed by atoms with E-state index in [4.69, 9.17) is 0 Å². The minimum atomic E-state index is 0.159. The van der Waals surface area contributed by atoms with Crippen molar-refractivity contribution in [2.45, 2.75) is 19.3 Å². The zero-order valence-corrected chi connectivity index (χ0v) is 8.57. The fourth-order valence-electron chi connectivity index (χ4n) is 1.72. The molecule has 80 valence electrons. The number of nitrogens with zero attached hydrogens (tertiary/aromatic N) is 1. The Morgan fingerprint density at radius 2 is 2.33 bits per heavy atom. The minimum Gasteiger partial charge on any atom is -0.355 e. The second-order valence-corrected chi connectivity index (χ2v) is 3.76. The van der Waals surface area contributed by atoms with E-state index < -0.39 is 0 Å². The van der Waals surface area contributed by atoms with Crippen molar-refractivity contribution in [2.24, 2.45) is 5.92 Å². The molecule has 2 N–H and O–H groups in total. The molecule has 1 aromatic heterocycles. The van der Waals surface area contributed by atoms with Crippen molar-refractivity contribution in [3.8, 4) is 0 Å². The van der Waals surface area contributed by atoms with Crippen molar-refractivity contribution in [3.63, 3.8) is 0 Å². The molecular weight excluding hydrogens is 190 g/mol. The van der Waals surface area contributed by atoms with Gasteiger partial charge in [-0.3, -0.25) is 4.79 Å². The lowest BCUT2D eigenvalue weighted by Crippen LogP contribution is -2.31. The lowest BCUT2D eigenvalue weighted by molar-refractivity contribution is -0.124. The Labute approximate surface area is 88.8 Å². The van der Waals surface area contributed by atoms with Gasteiger partial charge in [0.25, 0.3) is 0 Å². The van der Waals surface area contributed by atoms with Crippen molar-refractivity contribution < 1.29 is 4.79 Å². The number of imidazole rings is 1. The Morgan fingerprint density at radius 1 is 1.53 bits per heavy atom. The molecule has 0 saturated carbocycles. The summed E-state index contributed by atoms with van der Waals surface area (Å²) in [7, 11) is 0. The Bertz CT molecular complexity index is 335. The third-order valence-electron chi connectivity index (χ3n) is 2.63. The highest BCUT2D eigenvalue weighted by Gasteiger charge is 2.18. The predicted molar refractivity (Wildman–Crippen MR) is 57.2 cm³/mol. The molecule has 1 aliphatic rings. The van der Waals surface area contributed by atoms with Crippen molar-refractivity contribution >= 4 is 5.91 Å². The number of carbonyl (C=O) groups is 1. The van der Waals surface area contributed by atoms with E-state index in [9.17, 15) is 4.79 Å². The van der Waals surface area contributed by atoms with E-state index >= 15 is 0 Å². The summed E-state index contributed by atoms with van der Waals surface area (Å²) >= 11 is 0. The van der Waals surface area contributed by atoms with Crippen molar-refractivity contribution in [2.75, 3.05) is 6.54 Å². The summed E-state index contributed by atoms with van der Waals surface area (Å²) in [5, 5.41) is 2.94. The molecule has 1 amide bonds. The van der Waals surface area contributed by atoms with Crippen LogP contribution in [0.3, 0.4) is 0 Å². The highest BCUT2D eigenvalue weighted by atomic mass is 16.1. The molecule has 0 radical (unpaired) electrons. The van der Waals surface area contributed by atoms with Gasteiger partial charge in [-0.1, -0.05) is 12.2 Å². The summed E-state index contributed by atoms with van der Waals surface area (Å²) in [6, 6.07) is 0. The molecule has 15 heavy (non-hydrogen) atoms. The van der Waals surface area contributed by atoms with Crippen LogP contribution in [0.2, 0.25) is 0 Å². The molecule has 1 aromatic rings. The number of carbonyl (C=O) groups excluding carboxylic acids is 1. The van der Waals surface area contributed by atoms with E-state index in [1.807, 2.05) is 0 Å². The van der Waals surface area contributed by atoms with Crippen LogP contribution in [0, 0.1) is 5.92 Å². The predicted octanol–water partition coefficient (Wildman–Crippen LogP) is 1.03. The maximum Gasteiger partial charge on any atom is 0.223 e. The van der Waals surface area contributed by atoms with E-state index in [0.717, 1.165) is 25.0 Å². The summed E-state index contributed by atoms with van der Waals surface area (Å²) < 4.78 is 0. The topological polar surface area (TPSA) is 57.8 Å². The molecule has 4 nitrogen and oxygen atoms in total. The average molecular weight is 205 g/mol. The number of allylic oxidation sites excluding steroid dienone is 2. The maximum atomic E-state index is 11.6. The molecule has 0 spiro atoms. The fourth-order valence-corrected chi connectivity index (χ4v) is 1.72. The van der Waals surface area contributed by atoms with Crippen molar-refractivity contribution in [1.29, 1.82) is 0 Å². The second kappa shape index (κ2) is 4.77. The van der Waals surface area contributed by atoms with Crippen molar-refractivity contribution in [1.82, 2.24) is 15.3 Å². The molecule has 0 atom stereocenters. The highest BCUT2D eigenvalue weighted by Crippen LogP contribution is 2.17. The first-order valence-electron chi connectivity index (χ1n) is 5.26. The number of amides is 1. The van der Waals surface area contributed by atoms with E-state index in [1.54, 1.807) is 12.5 Å². The molecule has 4 heteroatoms. The minimum absolute atomic E-state index is 0.159. The molecule has 0 aromatic carbocycles. The number of hydrogen-bond acceptors (Lipinski definition) is 2. The third kappa shape index (κ3) is 2.68. The van der Waals surface area contributed by atoms with E-state index in [1.165, 1.54) is 0 Å². The summed E-state index contributed by atoms with van der Waals surface area (Å²) in [5.41, 5.74) is 1.06. The van der Waals surface area contributed by atoms with Gasteiger partial charge < -0.3 is 10.3 Å². The normalized spacial score (nSPS) is 15.7. The molecule has 0 saturated heterocycles. The van der Waals surface area contributed by atoms with Gasteiger partial charge in [0.1, 0.15) is 0 Å². The summed E-state index contributed by atoms with van der Waals surface area (Å²) in [6.45, 7) is 0.678.